The van der Waals surface area contributed by atoms with E-state index in [2.05, 4.69) is 18.9 Å². The summed E-state index contributed by atoms with van der Waals surface area (Å²) in [4.78, 5) is 14.7. The number of amides is 1. The van der Waals surface area contributed by atoms with E-state index in [-0.39, 0.29) is 0 Å². The topological polar surface area (TPSA) is 23.6 Å². The van der Waals surface area contributed by atoms with Gasteiger partial charge in [-0.1, -0.05) is 6.92 Å². The lowest BCUT2D eigenvalue weighted by Crippen LogP contribution is -2.47. The van der Waals surface area contributed by atoms with E-state index in [9.17, 15) is 4.79 Å². The Kier molecular flexibility index (Phi) is 3.09. The maximum absolute atomic E-state index is 10.5. The third-order valence-corrected chi connectivity index (χ3v) is 2.75. The van der Waals surface area contributed by atoms with E-state index in [1.54, 1.807) is 4.90 Å². The first-order valence-electron chi connectivity index (χ1n) is 4.51. The predicted octanol–water partition coefficient (Wildman–Crippen LogP) is 0.415. The van der Waals surface area contributed by atoms with Crippen molar-refractivity contribution >= 4 is 6.41 Å². The predicted molar refractivity (Wildman–Crippen MR) is 48.9 cm³/mol. The normalized spacial score (nSPS) is 31.6. The summed E-state index contributed by atoms with van der Waals surface area (Å²) in [5.74, 6) is 0.596. The molecule has 1 fully saturated rings. The Morgan fingerprint density at radius 3 is 2.75 bits per heavy atom. The molecule has 1 saturated heterocycles. The summed E-state index contributed by atoms with van der Waals surface area (Å²) in [6.07, 6.45) is 2.04. The highest BCUT2D eigenvalue weighted by Gasteiger charge is 2.26. The number of likely N-dealkylation sites (tertiary alicyclic amines) is 1. The molecule has 0 aromatic carbocycles. The summed E-state index contributed by atoms with van der Waals surface area (Å²) in [5, 5.41) is 0. The number of rotatable bonds is 2. The Labute approximate surface area is 74.3 Å². The molecule has 70 valence electrons. The average molecular weight is 170 g/mol. The molecule has 0 radical (unpaired) electrons. The molecule has 1 aliphatic rings. The van der Waals surface area contributed by atoms with Crippen LogP contribution in [0.5, 0.6) is 0 Å². The number of carbonyl (C=O) groups excluding carboxylic acids is 1. The Morgan fingerprint density at radius 1 is 1.58 bits per heavy atom. The number of piperidine rings is 1. The van der Waals surface area contributed by atoms with E-state index in [1.807, 2.05) is 7.05 Å². The van der Waals surface area contributed by atoms with Gasteiger partial charge in [0.1, 0.15) is 0 Å². The van der Waals surface area contributed by atoms with Crippen LogP contribution in [0.3, 0.4) is 0 Å². The van der Waals surface area contributed by atoms with Crippen molar-refractivity contribution in [2.45, 2.75) is 19.4 Å². The van der Waals surface area contributed by atoms with Gasteiger partial charge in [0.05, 0.1) is 0 Å². The molecule has 0 N–H and O–H groups in total. The fourth-order valence-electron chi connectivity index (χ4n) is 2.02. The van der Waals surface area contributed by atoms with Crippen molar-refractivity contribution in [3.05, 3.63) is 0 Å². The van der Waals surface area contributed by atoms with Gasteiger partial charge in [-0.15, -0.1) is 0 Å². The van der Waals surface area contributed by atoms with Crippen LogP contribution in [-0.2, 0) is 4.79 Å². The second-order valence-electron chi connectivity index (χ2n) is 3.87. The second-order valence-corrected chi connectivity index (χ2v) is 3.87. The van der Waals surface area contributed by atoms with Gasteiger partial charge >= 0.3 is 0 Å². The first-order valence-corrected chi connectivity index (χ1v) is 4.51. The quantitative estimate of drug-likeness (QED) is 0.561. The number of hydrogen-bond donors (Lipinski definition) is 0. The zero-order chi connectivity index (χ0) is 9.14. The Morgan fingerprint density at radius 2 is 2.25 bits per heavy atom. The fourth-order valence-corrected chi connectivity index (χ4v) is 2.02. The smallest absolute Gasteiger partial charge is 0.209 e. The first-order chi connectivity index (χ1) is 5.65. The Hall–Kier alpha value is -0.570. The van der Waals surface area contributed by atoms with Gasteiger partial charge in [0, 0.05) is 19.6 Å². The zero-order valence-electron chi connectivity index (χ0n) is 8.16. The van der Waals surface area contributed by atoms with Crippen LogP contribution in [-0.4, -0.2) is 49.4 Å². The summed E-state index contributed by atoms with van der Waals surface area (Å²) in [5.41, 5.74) is 0. The molecule has 1 aliphatic heterocycles. The molecule has 3 nitrogen and oxygen atoms in total. The van der Waals surface area contributed by atoms with E-state index in [1.165, 1.54) is 0 Å². The monoisotopic (exact) mass is 170 g/mol. The summed E-state index contributed by atoms with van der Waals surface area (Å²) < 4.78 is 0. The maximum atomic E-state index is 10.5. The molecular weight excluding hydrogens is 152 g/mol. The van der Waals surface area contributed by atoms with Crippen LogP contribution in [0.15, 0.2) is 0 Å². The lowest BCUT2D eigenvalue weighted by atomic mass is 9.93. The Bertz CT molecular complexity index is 161. The standard InChI is InChI=1S/C9H18N2O/c1-8-6-10(2)5-4-9(8)11(3)7-12/h7-9H,4-6H2,1-3H3. The molecule has 1 rings (SSSR count). The fraction of sp³-hybridized carbons (Fsp3) is 0.889. The van der Waals surface area contributed by atoms with Gasteiger partial charge in [-0.25, -0.2) is 0 Å². The molecular formula is C9H18N2O. The second kappa shape index (κ2) is 3.90. The molecule has 0 spiro atoms. The van der Waals surface area contributed by atoms with Crippen LogP contribution < -0.4 is 0 Å². The number of nitrogens with zero attached hydrogens (tertiary/aromatic N) is 2. The largest absolute Gasteiger partial charge is 0.345 e. The lowest BCUT2D eigenvalue weighted by molar-refractivity contribution is -0.120. The average Bonchev–Trinajstić information content (AvgIpc) is 2.03. The maximum Gasteiger partial charge on any atom is 0.209 e. The van der Waals surface area contributed by atoms with Crippen molar-refractivity contribution in [1.29, 1.82) is 0 Å². The van der Waals surface area contributed by atoms with Gasteiger partial charge < -0.3 is 9.80 Å². The van der Waals surface area contributed by atoms with Gasteiger partial charge in [0.15, 0.2) is 0 Å². The molecule has 1 amide bonds. The summed E-state index contributed by atoms with van der Waals surface area (Å²) in [7, 11) is 4.01. The van der Waals surface area contributed by atoms with Gasteiger partial charge in [-0.05, 0) is 25.9 Å². The van der Waals surface area contributed by atoms with Crippen molar-refractivity contribution in [1.82, 2.24) is 9.80 Å². The van der Waals surface area contributed by atoms with Crippen LogP contribution in [0.25, 0.3) is 0 Å². The molecule has 2 unspecified atom stereocenters. The highest BCUT2D eigenvalue weighted by Crippen LogP contribution is 2.18. The van der Waals surface area contributed by atoms with Gasteiger partial charge in [-0.2, -0.15) is 0 Å². The van der Waals surface area contributed by atoms with Crippen molar-refractivity contribution in [2.75, 3.05) is 27.2 Å². The van der Waals surface area contributed by atoms with Gasteiger partial charge in [0.25, 0.3) is 0 Å². The third-order valence-electron chi connectivity index (χ3n) is 2.75. The van der Waals surface area contributed by atoms with Gasteiger partial charge in [0.2, 0.25) is 6.41 Å². The molecule has 12 heavy (non-hydrogen) atoms. The molecule has 2 atom stereocenters. The highest BCUT2D eigenvalue weighted by molar-refractivity contribution is 5.47. The molecule has 0 aromatic heterocycles. The van der Waals surface area contributed by atoms with Crippen LogP contribution in [0, 0.1) is 5.92 Å². The van der Waals surface area contributed by atoms with Crippen molar-refractivity contribution in [3.8, 4) is 0 Å². The molecule has 1 heterocycles. The first kappa shape index (κ1) is 9.52. The lowest BCUT2D eigenvalue weighted by Gasteiger charge is -2.38. The van der Waals surface area contributed by atoms with Crippen molar-refractivity contribution < 1.29 is 4.79 Å². The minimum absolute atomic E-state index is 0.443. The minimum atomic E-state index is 0.443. The summed E-state index contributed by atoms with van der Waals surface area (Å²) in [6, 6.07) is 0.443. The summed E-state index contributed by atoms with van der Waals surface area (Å²) in [6.45, 7) is 4.41. The third kappa shape index (κ3) is 1.97. The van der Waals surface area contributed by atoms with Crippen LogP contribution in [0.4, 0.5) is 0 Å². The van der Waals surface area contributed by atoms with E-state index in [4.69, 9.17) is 0 Å². The SMILES string of the molecule is CC1CN(C)CCC1N(C)C=O. The van der Waals surface area contributed by atoms with E-state index < -0.39 is 0 Å². The van der Waals surface area contributed by atoms with E-state index in [0.29, 0.717) is 12.0 Å². The zero-order valence-corrected chi connectivity index (χ0v) is 8.16. The Balaban J connectivity index is 2.49. The van der Waals surface area contributed by atoms with E-state index >= 15 is 0 Å². The molecule has 3 heteroatoms. The molecule has 0 aromatic rings. The van der Waals surface area contributed by atoms with Gasteiger partial charge in [-0.3, -0.25) is 4.79 Å². The molecule has 0 saturated carbocycles. The van der Waals surface area contributed by atoms with Crippen LogP contribution in [0.2, 0.25) is 0 Å². The van der Waals surface area contributed by atoms with Crippen molar-refractivity contribution in [2.24, 2.45) is 5.92 Å². The van der Waals surface area contributed by atoms with Crippen LogP contribution >= 0.6 is 0 Å². The number of hydrogen-bond acceptors (Lipinski definition) is 2. The minimum Gasteiger partial charge on any atom is -0.345 e. The number of carbonyl (C=O) groups is 1. The molecule has 0 aliphatic carbocycles. The van der Waals surface area contributed by atoms with Crippen LogP contribution in [0.1, 0.15) is 13.3 Å². The van der Waals surface area contributed by atoms with Crippen molar-refractivity contribution in [3.63, 3.8) is 0 Å². The highest BCUT2D eigenvalue weighted by atomic mass is 16.1. The summed E-state index contributed by atoms with van der Waals surface area (Å²) >= 11 is 0. The molecule has 0 bridgehead atoms. The van der Waals surface area contributed by atoms with E-state index in [0.717, 1.165) is 25.9 Å².